The summed E-state index contributed by atoms with van der Waals surface area (Å²) in [6.45, 7) is -1.42. The Labute approximate surface area is 254 Å². The second kappa shape index (κ2) is 12.9. The van der Waals surface area contributed by atoms with Gasteiger partial charge in [-0.05, 0) is 17.5 Å². The van der Waals surface area contributed by atoms with E-state index in [-0.39, 0.29) is 23.5 Å². The number of nitrogens with one attached hydrogen (secondary N) is 1. The summed E-state index contributed by atoms with van der Waals surface area (Å²) in [6.07, 6.45) is -5.14. The Hall–Kier alpha value is -3.78. The third-order valence-corrected chi connectivity index (χ3v) is 9.76. The smallest absolute Gasteiger partial charge is 0.387 e. The first kappa shape index (κ1) is 32.6. The van der Waals surface area contributed by atoms with E-state index in [0.29, 0.717) is 11.1 Å². The normalized spacial score (nSPS) is 22.9. The second-order valence-electron chi connectivity index (χ2n) is 9.97. The Kier molecular flexibility index (Phi) is 9.36. The van der Waals surface area contributed by atoms with Gasteiger partial charge in [0.25, 0.3) is 5.56 Å². The summed E-state index contributed by atoms with van der Waals surface area (Å²) >= 11 is 0. The molecular weight excluding hydrogens is 634 g/mol. The topological polar surface area (TPSA) is 265 Å². The van der Waals surface area contributed by atoms with E-state index in [2.05, 4.69) is 25.3 Å². The molecule has 1 aliphatic heterocycles. The number of nitrogen functional groups attached to an aromatic ring is 1. The fraction of sp³-hybridized carbons (Fsp3) is 0.308. The molecule has 6 atom stereocenters. The molecule has 0 spiro atoms. The van der Waals surface area contributed by atoms with Gasteiger partial charge in [0.1, 0.15) is 23.7 Å². The predicted octanol–water partition coefficient (Wildman–Crippen LogP) is 1.47. The number of ether oxygens (including phenoxy) is 1. The van der Waals surface area contributed by atoms with Crippen LogP contribution in [0.5, 0.6) is 0 Å². The zero-order chi connectivity index (χ0) is 32.4. The summed E-state index contributed by atoms with van der Waals surface area (Å²) in [4.78, 5) is 42.5. The average molecular weight is 662 g/mol. The fourth-order valence-corrected chi connectivity index (χ4v) is 7.05. The minimum Gasteiger partial charge on any atom is -0.387 e. The number of benzene rings is 2. The molecule has 1 aliphatic rings. The maximum atomic E-state index is 12.6. The quantitative estimate of drug-likeness (QED) is 0.117. The Balaban J connectivity index is 1.22. The molecule has 17 nitrogen and oxygen atoms in total. The molecule has 2 aromatic carbocycles. The molecule has 5 rings (SSSR count). The van der Waals surface area contributed by atoms with Crippen molar-refractivity contribution in [2.24, 2.45) is 0 Å². The van der Waals surface area contributed by atoms with Gasteiger partial charge in [0.05, 0.1) is 25.6 Å². The molecule has 1 saturated heterocycles. The van der Waals surface area contributed by atoms with Crippen LogP contribution in [0.3, 0.4) is 0 Å². The first-order valence-corrected chi connectivity index (χ1v) is 16.3. The number of hydrogen-bond donors (Lipinski definition) is 6. The minimum absolute atomic E-state index is 0.0662. The number of nitrogens with two attached hydrogens (primary N) is 1. The number of phosphoric acid groups is 2. The second-order valence-corrected chi connectivity index (χ2v) is 13.0. The Morgan fingerprint density at radius 2 is 1.62 bits per heavy atom. The molecule has 45 heavy (non-hydrogen) atoms. The van der Waals surface area contributed by atoms with Crippen LogP contribution in [0, 0.1) is 11.3 Å². The molecule has 0 radical (unpaired) electrons. The van der Waals surface area contributed by atoms with E-state index in [4.69, 9.17) is 19.5 Å². The Morgan fingerprint density at radius 3 is 2.22 bits per heavy atom. The summed E-state index contributed by atoms with van der Waals surface area (Å²) in [6, 6.07) is 19.7. The van der Waals surface area contributed by atoms with Crippen molar-refractivity contribution in [3.8, 4) is 6.07 Å². The molecule has 7 N–H and O–H groups in total. The van der Waals surface area contributed by atoms with Crippen molar-refractivity contribution in [1.29, 1.82) is 5.26 Å². The summed E-state index contributed by atoms with van der Waals surface area (Å²) in [5.41, 5.74) is 4.63. The number of imidazole rings is 1. The first-order valence-electron chi connectivity index (χ1n) is 13.3. The zero-order valence-electron chi connectivity index (χ0n) is 23.2. The van der Waals surface area contributed by atoms with Crippen LogP contribution in [-0.2, 0) is 32.6 Å². The maximum Gasteiger partial charge on any atom is 0.481 e. The van der Waals surface area contributed by atoms with E-state index >= 15 is 0 Å². The summed E-state index contributed by atoms with van der Waals surface area (Å²) in [7, 11) is -10.6. The number of aromatic amines is 1. The fourth-order valence-electron chi connectivity index (χ4n) is 4.97. The lowest BCUT2D eigenvalue weighted by Gasteiger charge is -2.28. The molecule has 0 aliphatic carbocycles. The molecule has 2 aromatic heterocycles. The van der Waals surface area contributed by atoms with E-state index in [0.717, 1.165) is 10.9 Å². The highest BCUT2D eigenvalue weighted by atomic mass is 31.3. The van der Waals surface area contributed by atoms with Crippen LogP contribution in [-0.4, -0.2) is 71.0 Å². The molecule has 19 heteroatoms. The van der Waals surface area contributed by atoms with Crippen molar-refractivity contribution in [3.63, 3.8) is 0 Å². The van der Waals surface area contributed by atoms with Gasteiger partial charge in [-0.1, -0.05) is 60.7 Å². The highest BCUT2D eigenvalue weighted by Crippen LogP contribution is 2.61. The third-order valence-electron chi connectivity index (χ3n) is 7.13. The number of nitriles is 1. The highest BCUT2D eigenvalue weighted by Gasteiger charge is 2.46. The monoisotopic (exact) mass is 662 g/mol. The Morgan fingerprint density at radius 1 is 1.02 bits per heavy atom. The number of fused-ring (bicyclic) bond motifs is 1. The lowest BCUT2D eigenvalue weighted by Crippen LogP contribution is -2.33. The molecule has 0 bridgehead atoms. The number of rotatable bonds is 12. The molecule has 1 fully saturated rings. The average Bonchev–Trinajstić information content (AvgIpc) is 3.55. The predicted molar refractivity (Wildman–Crippen MR) is 155 cm³/mol. The van der Waals surface area contributed by atoms with Gasteiger partial charge >= 0.3 is 15.6 Å². The van der Waals surface area contributed by atoms with Gasteiger partial charge in [0.15, 0.2) is 17.4 Å². The number of phosphoric ester groups is 2. The maximum absolute atomic E-state index is 12.6. The molecule has 4 aromatic rings. The number of nitrogens with zero attached hydrogens (tertiary/aromatic N) is 4. The SMILES string of the molecule is N#CC(CCOP(=O)(O)OP(=O)(O)OC[C@H]1O[C@@H](n2cnc3c(=O)[nH]c(N)nc32)[C@H](O)[C@@H]1O)(c1ccccc1)c1ccccc1. The largest absolute Gasteiger partial charge is 0.481 e. The number of aromatic nitrogens is 4. The van der Waals surface area contributed by atoms with Gasteiger partial charge in [-0.15, -0.1) is 0 Å². The van der Waals surface area contributed by atoms with Gasteiger partial charge in [-0.25, -0.2) is 14.1 Å². The Bertz CT molecular complexity index is 1810. The summed E-state index contributed by atoms with van der Waals surface area (Å²) in [5.74, 6) is -0.241. The number of hydrogen-bond acceptors (Lipinski definition) is 13. The zero-order valence-corrected chi connectivity index (χ0v) is 25.0. The van der Waals surface area contributed by atoms with Crippen molar-refractivity contribution in [2.75, 3.05) is 18.9 Å². The van der Waals surface area contributed by atoms with Crippen molar-refractivity contribution in [1.82, 2.24) is 19.5 Å². The molecule has 3 heterocycles. The van der Waals surface area contributed by atoms with E-state index < -0.39 is 64.4 Å². The molecule has 2 unspecified atom stereocenters. The van der Waals surface area contributed by atoms with Crippen LogP contribution in [0.4, 0.5) is 5.95 Å². The molecule has 238 valence electrons. The molecule has 0 saturated carbocycles. The van der Waals surface area contributed by atoms with Crippen molar-refractivity contribution < 1.29 is 47.2 Å². The van der Waals surface area contributed by atoms with Crippen LogP contribution in [0.25, 0.3) is 11.2 Å². The van der Waals surface area contributed by atoms with Crippen molar-refractivity contribution in [2.45, 2.75) is 36.4 Å². The third kappa shape index (κ3) is 6.91. The van der Waals surface area contributed by atoms with Crippen LogP contribution in [0.2, 0.25) is 0 Å². The van der Waals surface area contributed by atoms with Gasteiger partial charge < -0.3 is 30.5 Å². The summed E-state index contributed by atoms with van der Waals surface area (Å²) in [5, 5.41) is 31.2. The summed E-state index contributed by atoms with van der Waals surface area (Å²) < 4.78 is 46.0. The van der Waals surface area contributed by atoms with Gasteiger partial charge in [0.2, 0.25) is 5.95 Å². The van der Waals surface area contributed by atoms with E-state index in [1.54, 1.807) is 60.7 Å². The minimum atomic E-state index is -5.32. The number of H-pyrrole nitrogens is 1. The van der Waals surface area contributed by atoms with E-state index in [1.807, 2.05) is 0 Å². The highest BCUT2D eigenvalue weighted by molar-refractivity contribution is 7.61. The van der Waals surface area contributed by atoms with Crippen LogP contribution >= 0.6 is 15.6 Å². The molecular formula is C26H28N6O11P2. The number of anilines is 1. The number of aliphatic hydroxyl groups is 2. The van der Waals surface area contributed by atoms with Crippen molar-refractivity contribution >= 4 is 32.8 Å². The van der Waals surface area contributed by atoms with Crippen LogP contribution in [0.15, 0.2) is 71.8 Å². The van der Waals surface area contributed by atoms with E-state index in [9.17, 15) is 39.2 Å². The lowest BCUT2D eigenvalue weighted by molar-refractivity contribution is -0.0504. The van der Waals surface area contributed by atoms with Gasteiger partial charge in [-0.2, -0.15) is 14.6 Å². The standard InChI is InChI=1S/C26H28N6O11P2/c27-14-26(16-7-3-1-4-8-16,17-9-5-2-6-10-17)11-12-40-44(36,37)43-45(38,39)41-13-18-20(33)21(34)24(42-18)32-15-29-19-22(32)30-25(28)31-23(19)35/h1-10,15,18,20-21,24,33-34H,11-13H2,(H,36,37)(H,38,39)(H3,28,30,31,35)/t18-,20-,21-,24-/m1/s1. The van der Waals surface area contributed by atoms with E-state index in [1.165, 1.54) is 0 Å². The first-order chi connectivity index (χ1) is 21.4. The number of aliphatic hydroxyl groups excluding tert-OH is 2. The molecule has 0 amide bonds. The van der Waals surface area contributed by atoms with Crippen LogP contribution in [0.1, 0.15) is 23.8 Å². The lowest BCUT2D eigenvalue weighted by atomic mass is 9.73. The van der Waals surface area contributed by atoms with Gasteiger partial charge in [0, 0.05) is 0 Å². The van der Waals surface area contributed by atoms with Crippen molar-refractivity contribution in [3.05, 3.63) is 88.5 Å². The van der Waals surface area contributed by atoms with Gasteiger partial charge in [-0.3, -0.25) is 23.4 Å². The van der Waals surface area contributed by atoms with Crippen LogP contribution < -0.4 is 11.3 Å².